The van der Waals surface area contributed by atoms with Crippen LogP contribution in [0.4, 0.5) is 5.82 Å². The Morgan fingerprint density at radius 2 is 1.63 bits per heavy atom. The molecule has 15 heteroatoms. The van der Waals surface area contributed by atoms with E-state index >= 15 is 0 Å². The number of nitrogens with one attached hydrogen (secondary N) is 2. The summed E-state index contributed by atoms with van der Waals surface area (Å²) >= 11 is 0. The first-order chi connectivity index (χ1) is 24.5. The van der Waals surface area contributed by atoms with Crippen LogP contribution in [0.5, 0.6) is 0 Å². The van der Waals surface area contributed by atoms with Crippen LogP contribution in [0, 0.1) is 13.8 Å². The molecular weight excluding hydrogens is 658 g/mol. The summed E-state index contributed by atoms with van der Waals surface area (Å²) in [6, 6.07) is 9.72. The third kappa shape index (κ3) is 9.57. The lowest BCUT2D eigenvalue weighted by Gasteiger charge is -2.35. The Morgan fingerprint density at radius 3 is 2.27 bits per heavy atom. The fourth-order valence-electron chi connectivity index (χ4n) is 5.95. The molecule has 0 radical (unpaired) electrons. The van der Waals surface area contributed by atoms with Crippen molar-refractivity contribution in [2.45, 2.75) is 40.3 Å². The number of carbonyl (C=O) groups is 3. The number of hydrogen-bond donors (Lipinski definition) is 3. The van der Waals surface area contributed by atoms with Crippen molar-refractivity contribution in [3.63, 3.8) is 0 Å². The number of aryl methyl sites for hydroxylation is 2. The molecule has 15 nitrogen and oxygen atoms in total. The number of aromatic nitrogens is 4. The van der Waals surface area contributed by atoms with Crippen molar-refractivity contribution >= 4 is 34.5 Å². The summed E-state index contributed by atoms with van der Waals surface area (Å²) in [5, 5.41) is 16.8. The number of amides is 2. The predicted octanol–water partition coefficient (Wildman–Crippen LogP) is 2.70. The molecule has 272 valence electrons. The van der Waals surface area contributed by atoms with Gasteiger partial charge in [0.15, 0.2) is 0 Å². The maximum Gasteiger partial charge on any atom is 0.329 e. The summed E-state index contributed by atoms with van der Waals surface area (Å²) in [4.78, 5) is 60.7. The van der Waals surface area contributed by atoms with E-state index in [1.54, 1.807) is 17.3 Å². The number of aliphatic carboxylic acids is 1. The summed E-state index contributed by atoms with van der Waals surface area (Å²) in [6.07, 6.45) is 3.49. The molecule has 51 heavy (non-hydrogen) atoms. The van der Waals surface area contributed by atoms with Gasteiger partial charge in [0.2, 0.25) is 5.91 Å². The average molecular weight is 704 g/mol. The Kier molecular flexibility index (Phi) is 12.5. The summed E-state index contributed by atoms with van der Waals surface area (Å²) in [5.74, 6) is -0.645. The Hall–Kier alpha value is -5.12. The van der Waals surface area contributed by atoms with E-state index in [-0.39, 0.29) is 69.6 Å². The normalized spacial score (nSPS) is 13.3. The van der Waals surface area contributed by atoms with Gasteiger partial charge in [0.25, 0.3) is 11.5 Å². The summed E-state index contributed by atoms with van der Waals surface area (Å²) < 4.78 is 17.5. The lowest BCUT2D eigenvalue weighted by atomic mass is 10.0. The number of piperazine rings is 1. The van der Waals surface area contributed by atoms with Crippen LogP contribution >= 0.6 is 0 Å². The van der Waals surface area contributed by atoms with Gasteiger partial charge in [-0.3, -0.25) is 19.1 Å². The van der Waals surface area contributed by atoms with Gasteiger partial charge in [0.1, 0.15) is 19.0 Å². The number of anilines is 1. The predicted molar refractivity (Wildman–Crippen MR) is 190 cm³/mol. The van der Waals surface area contributed by atoms with Gasteiger partial charge in [-0.2, -0.15) is 5.10 Å². The zero-order valence-electron chi connectivity index (χ0n) is 29.4. The van der Waals surface area contributed by atoms with Crippen LogP contribution in [0.3, 0.4) is 0 Å². The lowest BCUT2D eigenvalue weighted by molar-refractivity contribution is -0.142. The van der Waals surface area contributed by atoms with E-state index in [0.717, 1.165) is 39.1 Å². The molecule has 1 aliphatic rings. The molecule has 2 amide bonds. The van der Waals surface area contributed by atoms with Crippen LogP contribution in [0.1, 0.15) is 47.1 Å². The molecule has 1 aromatic carbocycles. The molecule has 0 unspecified atom stereocenters. The molecule has 1 fully saturated rings. The molecule has 1 saturated heterocycles. The van der Waals surface area contributed by atoms with Gasteiger partial charge in [0, 0.05) is 67.2 Å². The largest absolute Gasteiger partial charge is 0.480 e. The quantitative estimate of drug-likeness (QED) is 0.146. The van der Waals surface area contributed by atoms with Crippen LogP contribution in [0.15, 0.2) is 47.5 Å². The van der Waals surface area contributed by atoms with E-state index in [9.17, 15) is 19.2 Å². The van der Waals surface area contributed by atoms with Crippen molar-refractivity contribution in [2.75, 3.05) is 70.7 Å². The van der Waals surface area contributed by atoms with E-state index in [1.165, 1.54) is 0 Å². The number of fused-ring (bicyclic) bond motifs is 1. The van der Waals surface area contributed by atoms with E-state index < -0.39 is 5.97 Å². The number of benzene rings is 1. The van der Waals surface area contributed by atoms with Gasteiger partial charge in [-0.05, 0) is 69.2 Å². The van der Waals surface area contributed by atoms with Gasteiger partial charge >= 0.3 is 5.97 Å². The first-order valence-corrected chi connectivity index (χ1v) is 16.9. The molecule has 4 aromatic rings. The molecule has 4 heterocycles. The van der Waals surface area contributed by atoms with E-state index in [1.807, 2.05) is 62.7 Å². The lowest BCUT2D eigenvalue weighted by Crippen LogP contribution is -2.50. The van der Waals surface area contributed by atoms with Crippen LogP contribution in [0.25, 0.3) is 22.0 Å². The molecule has 0 saturated carbocycles. The van der Waals surface area contributed by atoms with E-state index in [0.29, 0.717) is 37.3 Å². The van der Waals surface area contributed by atoms with Gasteiger partial charge in [-0.25, -0.2) is 9.78 Å². The van der Waals surface area contributed by atoms with Crippen LogP contribution in [-0.2, 0) is 30.3 Å². The highest BCUT2D eigenvalue weighted by Gasteiger charge is 2.23. The van der Waals surface area contributed by atoms with Crippen molar-refractivity contribution in [3.8, 4) is 11.1 Å². The van der Waals surface area contributed by atoms with E-state index in [2.05, 4.69) is 20.3 Å². The first kappa shape index (κ1) is 37.1. The molecule has 0 spiro atoms. The zero-order valence-corrected chi connectivity index (χ0v) is 29.4. The molecule has 0 bridgehead atoms. The van der Waals surface area contributed by atoms with Crippen molar-refractivity contribution in [1.82, 2.24) is 30.0 Å². The second-order valence-electron chi connectivity index (χ2n) is 12.6. The Labute approximate surface area is 295 Å². The number of H-pyrrole nitrogens is 1. The number of nitrogens with zero attached hydrogens (tertiary/aromatic N) is 5. The number of aromatic amines is 1. The third-order valence-electron chi connectivity index (χ3n) is 8.60. The molecule has 3 aromatic heterocycles. The highest BCUT2D eigenvalue weighted by atomic mass is 16.5. The number of pyridine rings is 2. The first-order valence-electron chi connectivity index (χ1n) is 16.9. The SMILES string of the molecule is Cc1cc(C)c(CNC(=O)c2cc(-c3ccc(N4CCN(C(=O)COCCOCCOCC(=O)O)CC4)nc3)cc3c2cnn3C(C)C)c(=O)[nH]1. The van der Waals surface area contributed by atoms with Crippen LogP contribution < -0.4 is 15.8 Å². The topological polar surface area (TPSA) is 181 Å². The minimum absolute atomic E-state index is 0.0459. The Morgan fingerprint density at radius 1 is 0.922 bits per heavy atom. The molecule has 3 N–H and O–H groups in total. The number of carboxylic acid groups (broad SMARTS) is 1. The highest BCUT2D eigenvalue weighted by Crippen LogP contribution is 2.30. The highest BCUT2D eigenvalue weighted by molar-refractivity contribution is 6.08. The summed E-state index contributed by atoms with van der Waals surface area (Å²) in [6.45, 7) is 10.7. The molecule has 1 aliphatic heterocycles. The second-order valence-corrected chi connectivity index (χ2v) is 12.6. The van der Waals surface area contributed by atoms with Gasteiger partial charge in [-0.15, -0.1) is 0 Å². The van der Waals surface area contributed by atoms with Crippen molar-refractivity contribution in [1.29, 1.82) is 0 Å². The van der Waals surface area contributed by atoms with Crippen molar-refractivity contribution < 1.29 is 33.7 Å². The van der Waals surface area contributed by atoms with Crippen LogP contribution in [0.2, 0.25) is 0 Å². The van der Waals surface area contributed by atoms with Gasteiger partial charge < -0.3 is 39.4 Å². The van der Waals surface area contributed by atoms with Gasteiger partial charge in [0.05, 0.1) is 43.7 Å². The Bertz CT molecular complexity index is 1900. The monoisotopic (exact) mass is 703 g/mol. The maximum atomic E-state index is 13.6. The van der Waals surface area contributed by atoms with Crippen LogP contribution in [-0.4, -0.2) is 113 Å². The average Bonchev–Trinajstić information content (AvgIpc) is 3.54. The number of ether oxygens (including phenoxy) is 3. The molecule has 5 rings (SSSR count). The second kappa shape index (κ2) is 17.2. The summed E-state index contributed by atoms with van der Waals surface area (Å²) in [5.41, 5.74) is 4.80. The fraction of sp³-hybridized carbons (Fsp3) is 0.444. The number of rotatable bonds is 16. The number of carboxylic acids is 1. The van der Waals surface area contributed by atoms with Crippen molar-refractivity contribution in [3.05, 3.63) is 75.5 Å². The third-order valence-corrected chi connectivity index (χ3v) is 8.60. The molecule has 0 aliphatic carbocycles. The van der Waals surface area contributed by atoms with E-state index in [4.69, 9.17) is 24.3 Å². The van der Waals surface area contributed by atoms with Gasteiger partial charge in [-0.1, -0.05) is 0 Å². The Balaban J connectivity index is 1.18. The van der Waals surface area contributed by atoms with Crippen molar-refractivity contribution in [2.24, 2.45) is 0 Å². The smallest absolute Gasteiger partial charge is 0.329 e. The maximum absolute atomic E-state index is 13.6. The standard InChI is InChI=1S/C36H45N7O8/c1-23(2)43-31-17-27(16-28(30(31)20-39-43)35(47)38-19-29-24(3)15-25(4)40-36(29)48)26-5-6-32(37-18-26)41-7-9-42(10-8-41)33(44)21-50-13-11-49-12-14-51-22-34(45)46/h5-6,15-18,20,23H,7-14,19,21-22H2,1-4H3,(H,38,47)(H,40,48)(H,45,46). The molecular formula is C36H45N7O8. The molecule has 0 atom stereocenters. The minimum Gasteiger partial charge on any atom is -0.480 e. The summed E-state index contributed by atoms with van der Waals surface area (Å²) in [7, 11) is 0. The number of carbonyl (C=O) groups excluding carboxylic acids is 2. The fourth-order valence-corrected chi connectivity index (χ4v) is 5.95. The zero-order chi connectivity index (χ0) is 36.5. The number of hydrogen-bond acceptors (Lipinski definition) is 10. The minimum atomic E-state index is -1.03.